The molecule has 0 radical (unpaired) electrons. The highest BCUT2D eigenvalue weighted by molar-refractivity contribution is 6.30. The molecule has 2 N–H and O–H groups in total. The number of ether oxygens (including phenoxy) is 2. The van der Waals surface area contributed by atoms with Crippen LogP contribution in [0.1, 0.15) is 55.2 Å². The number of hydrogen-bond donors (Lipinski definition) is 2. The van der Waals surface area contributed by atoms with Gasteiger partial charge in [-0.1, -0.05) is 35.9 Å². The van der Waals surface area contributed by atoms with Gasteiger partial charge in [0.1, 0.15) is 5.75 Å². The number of hydrogen-bond acceptors (Lipinski definition) is 7. The van der Waals surface area contributed by atoms with Gasteiger partial charge in [-0.15, -0.1) is 0 Å². The van der Waals surface area contributed by atoms with Crippen LogP contribution in [-0.4, -0.2) is 75.4 Å². The van der Waals surface area contributed by atoms with Crippen LogP contribution < -0.4 is 15.1 Å². The van der Waals surface area contributed by atoms with E-state index < -0.39 is 17.9 Å². The van der Waals surface area contributed by atoms with Gasteiger partial charge in [0, 0.05) is 44.2 Å². The Bertz CT molecular complexity index is 1470. The summed E-state index contributed by atoms with van der Waals surface area (Å²) in [6.45, 7) is 2.43. The Morgan fingerprint density at radius 3 is 2.78 bits per heavy atom. The molecule has 10 heteroatoms. The quantitative estimate of drug-likeness (QED) is 0.377. The fraction of sp³-hybridized carbons (Fsp3) is 0.543. The van der Waals surface area contributed by atoms with E-state index in [1.807, 2.05) is 18.2 Å². The SMILES string of the molecule is CONC(=O)[C@@]1(O)CC(=O)N(C)CC/C=C\[C@H](OC)[C@@H]2CC[C@H]2CN2C[C@@]3(CCCc4cc(Cl)ccc43)COc3ccc1cc32. The van der Waals surface area contributed by atoms with Crippen LogP contribution in [0.5, 0.6) is 5.75 Å². The van der Waals surface area contributed by atoms with E-state index in [0.717, 1.165) is 49.4 Å². The lowest BCUT2D eigenvalue weighted by Crippen LogP contribution is -2.50. The minimum absolute atomic E-state index is 0.0129. The summed E-state index contributed by atoms with van der Waals surface area (Å²) in [5.74, 6) is 0.269. The summed E-state index contributed by atoms with van der Waals surface area (Å²) in [5.41, 5.74) is 3.50. The minimum atomic E-state index is -2.16. The van der Waals surface area contributed by atoms with E-state index >= 15 is 0 Å². The van der Waals surface area contributed by atoms with Crippen molar-refractivity contribution in [2.75, 3.05) is 52.4 Å². The number of amides is 2. The lowest BCUT2D eigenvalue weighted by atomic mass is 9.68. The van der Waals surface area contributed by atoms with Crippen molar-refractivity contribution >= 4 is 29.1 Å². The van der Waals surface area contributed by atoms with Gasteiger partial charge in [0.25, 0.3) is 5.91 Å². The molecule has 1 saturated carbocycles. The first-order valence-electron chi connectivity index (χ1n) is 16.0. The third kappa shape index (κ3) is 6.08. The number of benzene rings is 2. The zero-order valence-electron chi connectivity index (χ0n) is 26.4. The molecule has 45 heavy (non-hydrogen) atoms. The Balaban J connectivity index is 1.47. The van der Waals surface area contributed by atoms with Crippen molar-refractivity contribution in [3.63, 3.8) is 0 Å². The van der Waals surface area contributed by atoms with Crippen LogP contribution in [-0.2, 0) is 36.6 Å². The molecule has 9 nitrogen and oxygen atoms in total. The van der Waals surface area contributed by atoms with E-state index in [2.05, 4.69) is 34.7 Å². The van der Waals surface area contributed by atoms with Crippen LogP contribution in [0.3, 0.4) is 0 Å². The van der Waals surface area contributed by atoms with E-state index in [9.17, 15) is 14.7 Å². The van der Waals surface area contributed by atoms with Crippen LogP contribution >= 0.6 is 11.6 Å². The first-order chi connectivity index (χ1) is 21.7. The standard InChI is InChI=1S/C35H44ClN3O6/c1-38-16-5-4-8-30(43-2)27-12-9-24(27)20-39-21-34(15-6-7-23-17-26(36)11-13-28(23)34)22-45-31-14-10-25(18-29(31)39)35(42,19-32(38)40)33(41)37-44-3/h4,8,10-11,13-14,17-18,24,27,30,42H,5-7,9,12,15-16,19-22H2,1-3H3,(H,37,41)/b8-4-/t24-,27+,30-,34-,35+/m0/s1. The van der Waals surface area contributed by atoms with E-state index in [0.29, 0.717) is 49.3 Å². The average molecular weight is 638 g/mol. The van der Waals surface area contributed by atoms with E-state index in [-0.39, 0.29) is 17.4 Å². The summed E-state index contributed by atoms with van der Waals surface area (Å²) in [6, 6.07) is 11.6. The first-order valence-corrected chi connectivity index (χ1v) is 16.4. The predicted molar refractivity (Wildman–Crippen MR) is 172 cm³/mol. The van der Waals surface area contributed by atoms with Gasteiger partial charge in [-0.3, -0.25) is 14.4 Å². The molecule has 0 unspecified atom stereocenters. The number of carbonyl (C=O) groups excluding carboxylic acids is 2. The van der Waals surface area contributed by atoms with Gasteiger partial charge in [-0.05, 0) is 91.3 Å². The van der Waals surface area contributed by atoms with Crippen LogP contribution in [0.2, 0.25) is 5.02 Å². The Kier molecular flexibility index (Phi) is 9.17. The zero-order chi connectivity index (χ0) is 31.8. The van der Waals surface area contributed by atoms with Crippen LogP contribution in [0.4, 0.5) is 5.69 Å². The molecule has 2 aliphatic carbocycles. The number of carbonyl (C=O) groups is 2. The lowest BCUT2D eigenvalue weighted by molar-refractivity contribution is -0.158. The highest BCUT2D eigenvalue weighted by Crippen LogP contribution is 2.47. The third-order valence-electron chi connectivity index (χ3n) is 10.5. The van der Waals surface area contributed by atoms with Gasteiger partial charge in [-0.2, -0.15) is 0 Å². The van der Waals surface area contributed by atoms with Crippen molar-refractivity contribution in [1.29, 1.82) is 0 Å². The van der Waals surface area contributed by atoms with Crippen molar-refractivity contribution < 1.29 is 29.0 Å². The van der Waals surface area contributed by atoms with Crippen molar-refractivity contribution in [3.05, 3.63) is 70.3 Å². The van der Waals surface area contributed by atoms with E-state index in [4.69, 9.17) is 25.9 Å². The number of aliphatic hydroxyl groups is 1. The van der Waals surface area contributed by atoms with Crippen molar-refractivity contribution in [2.24, 2.45) is 11.8 Å². The second-order valence-corrected chi connectivity index (χ2v) is 13.6. The number of hydroxylamine groups is 1. The topological polar surface area (TPSA) is 101 Å². The summed E-state index contributed by atoms with van der Waals surface area (Å²) >= 11 is 6.43. The maximum Gasteiger partial charge on any atom is 0.280 e. The number of nitrogens with zero attached hydrogens (tertiary/aromatic N) is 2. The normalized spacial score (nSPS) is 30.8. The summed E-state index contributed by atoms with van der Waals surface area (Å²) in [4.78, 5) is 35.6. The second-order valence-electron chi connectivity index (χ2n) is 13.2. The Labute approximate surface area is 270 Å². The molecule has 2 aliphatic heterocycles. The van der Waals surface area contributed by atoms with Crippen molar-refractivity contribution in [2.45, 2.75) is 62.1 Å². The van der Waals surface area contributed by atoms with Gasteiger partial charge in [-0.25, -0.2) is 5.48 Å². The fourth-order valence-electron chi connectivity index (χ4n) is 7.77. The summed E-state index contributed by atoms with van der Waals surface area (Å²) < 4.78 is 12.6. The monoisotopic (exact) mass is 637 g/mol. The number of halogens is 1. The number of aryl methyl sites for hydroxylation is 1. The maximum absolute atomic E-state index is 13.4. The third-order valence-corrected chi connectivity index (χ3v) is 10.7. The number of anilines is 1. The number of nitrogens with one attached hydrogen (secondary N) is 1. The molecule has 1 fully saturated rings. The van der Waals surface area contributed by atoms with Crippen LogP contribution in [0.25, 0.3) is 0 Å². The molecule has 1 spiro atoms. The molecule has 2 aromatic rings. The second kappa shape index (κ2) is 12.9. The first kappa shape index (κ1) is 31.9. The molecule has 2 aromatic carbocycles. The molecule has 0 aromatic heterocycles. The Hall–Kier alpha value is -3.11. The number of fused-ring (bicyclic) bond motifs is 4. The smallest absolute Gasteiger partial charge is 0.280 e. The molecule has 2 bridgehead atoms. The summed E-state index contributed by atoms with van der Waals surface area (Å²) in [7, 11) is 4.76. The number of rotatable bonds is 3. The van der Waals surface area contributed by atoms with E-state index in [1.165, 1.54) is 18.2 Å². The summed E-state index contributed by atoms with van der Waals surface area (Å²) in [6.07, 6.45) is 9.52. The molecule has 2 amide bonds. The van der Waals surface area contributed by atoms with Gasteiger partial charge >= 0.3 is 0 Å². The molecule has 5 atom stereocenters. The van der Waals surface area contributed by atoms with Gasteiger partial charge in [0.2, 0.25) is 5.91 Å². The number of methoxy groups -OCH3 is 1. The fourth-order valence-corrected chi connectivity index (χ4v) is 7.97. The van der Waals surface area contributed by atoms with Gasteiger partial charge < -0.3 is 24.4 Å². The zero-order valence-corrected chi connectivity index (χ0v) is 27.1. The molecule has 2 heterocycles. The highest BCUT2D eigenvalue weighted by atomic mass is 35.5. The average Bonchev–Trinajstić information content (AvgIpc) is 3.16. The van der Waals surface area contributed by atoms with Gasteiger partial charge in [0.05, 0.1) is 31.9 Å². The molecule has 242 valence electrons. The molecular formula is C35H44ClN3O6. The molecule has 0 saturated heterocycles. The highest BCUT2D eigenvalue weighted by Gasteiger charge is 2.46. The van der Waals surface area contributed by atoms with Crippen molar-refractivity contribution in [3.8, 4) is 5.75 Å². The maximum atomic E-state index is 13.4. The van der Waals surface area contributed by atoms with Crippen molar-refractivity contribution in [1.82, 2.24) is 10.4 Å². The van der Waals surface area contributed by atoms with Crippen LogP contribution in [0.15, 0.2) is 48.6 Å². The molecular weight excluding hydrogens is 594 g/mol. The van der Waals surface area contributed by atoms with E-state index in [1.54, 1.807) is 25.1 Å². The lowest BCUT2D eigenvalue weighted by Gasteiger charge is -2.46. The Morgan fingerprint density at radius 1 is 1.18 bits per heavy atom. The largest absolute Gasteiger partial charge is 0.490 e. The molecule has 4 aliphatic rings. The molecule has 6 rings (SSSR count). The van der Waals surface area contributed by atoms with Crippen LogP contribution in [0, 0.1) is 11.8 Å². The minimum Gasteiger partial charge on any atom is -0.490 e. The Morgan fingerprint density at radius 2 is 2.02 bits per heavy atom. The van der Waals surface area contributed by atoms with Gasteiger partial charge in [0.15, 0.2) is 5.60 Å². The summed E-state index contributed by atoms with van der Waals surface area (Å²) in [5, 5.41) is 12.7. The predicted octanol–water partition coefficient (Wildman–Crippen LogP) is 4.53.